The average Bonchev–Trinajstić information content (AvgIpc) is 2.72. The second-order valence-corrected chi connectivity index (χ2v) is 3.81. The maximum atomic E-state index is 11.7. The Hall–Kier alpha value is -0.870. The fraction of sp³-hybridized carbons (Fsp3) is 0.444. The van der Waals surface area contributed by atoms with Crippen LogP contribution in [-0.2, 0) is 4.84 Å². The van der Waals surface area contributed by atoms with E-state index in [4.69, 9.17) is 4.84 Å². The Labute approximate surface area is 80.9 Å². The zero-order valence-corrected chi connectivity index (χ0v) is 8.26. The molecule has 1 aliphatic heterocycles. The number of hydrogen-bond acceptors (Lipinski definition) is 3. The van der Waals surface area contributed by atoms with E-state index >= 15 is 0 Å². The molecule has 1 saturated heterocycles. The topological polar surface area (TPSA) is 29.5 Å². The molecule has 1 aliphatic rings. The van der Waals surface area contributed by atoms with Crippen molar-refractivity contribution in [1.29, 1.82) is 0 Å². The van der Waals surface area contributed by atoms with Gasteiger partial charge in [0, 0.05) is 5.38 Å². The van der Waals surface area contributed by atoms with Crippen LogP contribution >= 0.6 is 11.3 Å². The number of hydrogen-bond donors (Lipinski definition) is 0. The molecule has 13 heavy (non-hydrogen) atoms. The highest BCUT2D eigenvalue weighted by Crippen LogP contribution is 2.18. The number of nitrogens with zero attached hydrogens (tertiary/aromatic N) is 1. The molecule has 3 nitrogen and oxygen atoms in total. The zero-order valence-electron chi connectivity index (χ0n) is 7.45. The van der Waals surface area contributed by atoms with Gasteiger partial charge in [-0.25, -0.2) is 5.06 Å². The molecule has 0 radical (unpaired) electrons. The summed E-state index contributed by atoms with van der Waals surface area (Å²) in [6.45, 7) is 3.32. The summed E-state index contributed by atoms with van der Waals surface area (Å²) >= 11 is 1.55. The van der Waals surface area contributed by atoms with Crippen molar-refractivity contribution < 1.29 is 9.63 Å². The van der Waals surface area contributed by atoms with E-state index in [9.17, 15) is 4.79 Å². The summed E-state index contributed by atoms with van der Waals surface area (Å²) in [5.74, 6) is -0.00347. The van der Waals surface area contributed by atoms with E-state index in [0.29, 0.717) is 13.2 Å². The smallest absolute Gasteiger partial charge is 0.271 e. The molecule has 1 aromatic rings. The number of carbonyl (C=O) groups is 1. The number of thiophene rings is 1. The van der Waals surface area contributed by atoms with Gasteiger partial charge in [-0.3, -0.25) is 9.63 Å². The average molecular weight is 197 g/mol. The molecule has 0 aromatic carbocycles. The van der Waals surface area contributed by atoms with Gasteiger partial charge in [-0.2, -0.15) is 11.3 Å². The molecule has 1 amide bonds. The van der Waals surface area contributed by atoms with Gasteiger partial charge >= 0.3 is 0 Å². The molecule has 2 heterocycles. The monoisotopic (exact) mass is 197 g/mol. The van der Waals surface area contributed by atoms with Crippen LogP contribution in [0.15, 0.2) is 10.8 Å². The molecule has 0 N–H and O–H groups in total. The van der Waals surface area contributed by atoms with Crippen molar-refractivity contribution in [2.24, 2.45) is 0 Å². The van der Waals surface area contributed by atoms with E-state index < -0.39 is 0 Å². The van der Waals surface area contributed by atoms with Gasteiger partial charge in [-0.05, 0) is 24.3 Å². The van der Waals surface area contributed by atoms with E-state index in [1.165, 1.54) is 5.06 Å². The number of rotatable bonds is 1. The molecule has 0 aliphatic carbocycles. The number of hydroxylamine groups is 2. The highest BCUT2D eigenvalue weighted by molar-refractivity contribution is 7.08. The molecule has 0 bridgehead atoms. The first-order chi connectivity index (χ1) is 6.29. The van der Waals surface area contributed by atoms with Gasteiger partial charge in [0.1, 0.15) is 0 Å². The van der Waals surface area contributed by atoms with Crippen molar-refractivity contribution in [1.82, 2.24) is 5.06 Å². The SMILES string of the molecule is Cc1cscc1C(=O)N1CCCO1. The number of amides is 1. The third-order valence-electron chi connectivity index (χ3n) is 2.07. The highest BCUT2D eigenvalue weighted by Gasteiger charge is 2.22. The fourth-order valence-corrected chi connectivity index (χ4v) is 2.14. The summed E-state index contributed by atoms with van der Waals surface area (Å²) in [5.41, 5.74) is 1.80. The Kier molecular flexibility index (Phi) is 2.33. The largest absolute Gasteiger partial charge is 0.278 e. The van der Waals surface area contributed by atoms with Gasteiger partial charge in [0.25, 0.3) is 5.91 Å². The lowest BCUT2D eigenvalue weighted by Crippen LogP contribution is -2.26. The molecule has 0 unspecified atom stereocenters. The van der Waals surface area contributed by atoms with Crippen LogP contribution in [0.1, 0.15) is 22.3 Å². The van der Waals surface area contributed by atoms with Crippen molar-refractivity contribution in [3.63, 3.8) is 0 Å². The quantitative estimate of drug-likeness (QED) is 0.687. The van der Waals surface area contributed by atoms with Gasteiger partial charge in [-0.15, -0.1) is 0 Å². The normalized spacial score (nSPS) is 16.5. The van der Waals surface area contributed by atoms with Crippen LogP contribution in [0.2, 0.25) is 0 Å². The molecule has 4 heteroatoms. The van der Waals surface area contributed by atoms with E-state index in [-0.39, 0.29) is 5.91 Å². The van der Waals surface area contributed by atoms with Crippen LogP contribution in [0.4, 0.5) is 0 Å². The van der Waals surface area contributed by atoms with Gasteiger partial charge in [0.15, 0.2) is 0 Å². The van der Waals surface area contributed by atoms with Crippen molar-refractivity contribution in [2.45, 2.75) is 13.3 Å². The summed E-state index contributed by atoms with van der Waals surface area (Å²) in [6, 6.07) is 0. The van der Waals surface area contributed by atoms with E-state index in [0.717, 1.165) is 17.5 Å². The molecule has 0 atom stereocenters. The van der Waals surface area contributed by atoms with Crippen molar-refractivity contribution in [3.05, 3.63) is 21.9 Å². The van der Waals surface area contributed by atoms with Gasteiger partial charge in [-0.1, -0.05) is 0 Å². The van der Waals surface area contributed by atoms with E-state index in [1.54, 1.807) is 11.3 Å². The van der Waals surface area contributed by atoms with Crippen LogP contribution in [0.25, 0.3) is 0 Å². The Morgan fingerprint density at radius 3 is 3.00 bits per heavy atom. The molecule has 0 saturated carbocycles. The maximum Gasteiger partial charge on any atom is 0.278 e. The standard InChI is InChI=1S/C9H11NO2S/c1-7-5-13-6-8(7)9(11)10-3-2-4-12-10/h5-6H,2-4H2,1H3. The maximum absolute atomic E-state index is 11.7. The van der Waals surface area contributed by atoms with Crippen LogP contribution < -0.4 is 0 Å². The Balaban J connectivity index is 2.17. The second kappa shape index (κ2) is 3.47. The first-order valence-electron chi connectivity index (χ1n) is 4.26. The first-order valence-corrected chi connectivity index (χ1v) is 5.21. The minimum atomic E-state index is -0.00347. The van der Waals surface area contributed by atoms with Crippen LogP contribution in [0.3, 0.4) is 0 Å². The first kappa shape index (κ1) is 8.72. The lowest BCUT2D eigenvalue weighted by atomic mass is 10.2. The van der Waals surface area contributed by atoms with Crippen molar-refractivity contribution in [2.75, 3.05) is 13.2 Å². The van der Waals surface area contributed by atoms with Crippen molar-refractivity contribution >= 4 is 17.2 Å². The summed E-state index contributed by atoms with van der Waals surface area (Å²) in [4.78, 5) is 16.9. The highest BCUT2D eigenvalue weighted by atomic mass is 32.1. The molecule has 70 valence electrons. The molecular formula is C9H11NO2S. The Morgan fingerprint density at radius 2 is 2.46 bits per heavy atom. The van der Waals surface area contributed by atoms with E-state index in [1.807, 2.05) is 17.7 Å². The summed E-state index contributed by atoms with van der Waals surface area (Å²) in [6.07, 6.45) is 0.939. The Morgan fingerprint density at radius 1 is 1.62 bits per heavy atom. The predicted octanol–water partition coefficient (Wildman–Crippen LogP) is 1.83. The molecule has 0 spiro atoms. The Bertz CT molecular complexity index is 315. The predicted molar refractivity (Wildman–Crippen MR) is 50.7 cm³/mol. The van der Waals surface area contributed by atoms with E-state index in [2.05, 4.69) is 0 Å². The number of aryl methyl sites for hydroxylation is 1. The number of carbonyl (C=O) groups excluding carboxylic acids is 1. The summed E-state index contributed by atoms with van der Waals surface area (Å²) in [5, 5.41) is 5.30. The zero-order chi connectivity index (χ0) is 9.26. The molecule has 1 fully saturated rings. The van der Waals surface area contributed by atoms with Gasteiger partial charge < -0.3 is 0 Å². The molecular weight excluding hydrogens is 186 g/mol. The molecule has 1 aromatic heterocycles. The van der Waals surface area contributed by atoms with Crippen LogP contribution in [0.5, 0.6) is 0 Å². The lowest BCUT2D eigenvalue weighted by molar-refractivity contribution is -0.0768. The third kappa shape index (κ3) is 1.59. The van der Waals surface area contributed by atoms with Gasteiger partial charge in [0.05, 0.1) is 18.7 Å². The lowest BCUT2D eigenvalue weighted by Gasteiger charge is -2.12. The summed E-state index contributed by atoms with van der Waals surface area (Å²) < 4.78 is 0. The third-order valence-corrected chi connectivity index (χ3v) is 2.93. The summed E-state index contributed by atoms with van der Waals surface area (Å²) in [7, 11) is 0. The fourth-order valence-electron chi connectivity index (χ4n) is 1.32. The van der Waals surface area contributed by atoms with Crippen molar-refractivity contribution in [3.8, 4) is 0 Å². The van der Waals surface area contributed by atoms with Gasteiger partial charge in [0.2, 0.25) is 0 Å². The minimum Gasteiger partial charge on any atom is -0.271 e. The van der Waals surface area contributed by atoms with Crippen LogP contribution in [0, 0.1) is 6.92 Å². The minimum absolute atomic E-state index is 0.00347. The second-order valence-electron chi connectivity index (χ2n) is 3.06. The van der Waals surface area contributed by atoms with Crippen LogP contribution in [-0.4, -0.2) is 24.1 Å². The molecule has 2 rings (SSSR count).